The number of amidine groups is 1. The van der Waals surface area contributed by atoms with E-state index in [9.17, 15) is 4.79 Å². The van der Waals surface area contributed by atoms with Gasteiger partial charge in [0.05, 0.1) is 5.56 Å². The number of nitrogens with one attached hydrogen (secondary N) is 1. The molecular formula is C12H11N3O. The third-order valence-electron chi connectivity index (χ3n) is 2.47. The lowest BCUT2D eigenvalue weighted by Crippen LogP contribution is -2.20. The van der Waals surface area contributed by atoms with E-state index in [0.717, 1.165) is 10.8 Å². The number of amides is 1. The maximum Gasteiger partial charge on any atom is 0.250 e. The molecular weight excluding hydrogens is 202 g/mol. The van der Waals surface area contributed by atoms with Crippen LogP contribution in [0.15, 0.2) is 36.4 Å². The molecule has 5 N–H and O–H groups in total. The zero-order valence-electron chi connectivity index (χ0n) is 8.53. The smallest absolute Gasteiger partial charge is 0.250 e. The lowest BCUT2D eigenvalue weighted by atomic mass is 9.98. The Labute approximate surface area is 92.4 Å². The first-order valence-electron chi connectivity index (χ1n) is 4.77. The maximum atomic E-state index is 11.4. The molecule has 0 saturated carbocycles. The molecule has 0 radical (unpaired) electrons. The van der Waals surface area contributed by atoms with Gasteiger partial charge in [-0.2, -0.15) is 0 Å². The van der Waals surface area contributed by atoms with Crippen LogP contribution in [-0.2, 0) is 0 Å². The van der Waals surface area contributed by atoms with Crippen LogP contribution in [-0.4, -0.2) is 11.7 Å². The quantitative estimate of drug-likeness (QED) is 0.517. The Morgan fingerprint density at radius 1 is 1.06 bits per heavy atom. The molecule has 80 valence electrons. The lowest BCUT2D eigenvalue weighted by molar-refractivity contribution is 0.100. The molecule has 0 bridgehead atoms. The van der Waals surface area contributed by atoms with Gasteiger partial charge in [-0.3, -0.25) is 10.2 Å². The topological polar surface area (TPSA) is 93.0 Å². The van der Waals surface area contributed by atoms with Crippen molar-refractivity contribution in [3.63, 3.8) is 0 Å². The van der Waals surface area contributed by atoms with Crippen LogP contribution in [0, 0.1) is 5.41 Å². The van der Waals surface area contributed by atoms with Crippen LogP contribution < -0.4 is 11.5 Å². The molecule has 4 heteroatoms. The summed E-state index contributed by atoms with van der Waals surface area (Å²) in [5, 5.41) is 9.04. The molecule has 0 heterocycles. The van der Waals surface area contributed by atoms with Crippen molar-refractivity contribution in [1.29, 1.82) is 5.41 Å². The molecule has 0 aliphatic rings. The molecule has 1 amide bonds. The van der Waals surface area contributed by atoms with E-state index in [0.29, 0.717) is 11.1 Å². The van der Waals surface area contributed by atoms with Crippen molar-refractivity contribution in [1.82, 2.24) is 0 Å². The first-order valence-corrected chi connectivity index (χ1v) is 4.77. The highest BCUT2D eigenvalue weighted by molar-refractivity contribution is 6.15. The standard InChI is InChI=1S/C12H11N3O/c13-11(14)9-6-5-7-3-1-2-4-8(7)10(9)12(15)16/h1-6H,(H3,13,14)(H2,15,16). The minimum atomic E-state index is -0.568. The molecule has 4 nitrogen and oxygen atoms in total. The minimum Gasteiger partial charge on any atom is -0.384 e. The van der Waals surface area contributed by atoms with Gasteiger partial charge in [-0.15, -0.1) is 0 Å². The number of hydrogen-bond acceptors (Lipinski definition) is 2. The van der Waals surface area contributed by atoms with Crippen molar-refractivity contribution in [2.75, 3.05) is 0 Å². The van der Waals surface area contributed by atoms with Crippen LogP contribution in [0.5, 0.6) is 0 Å². The van der Waals surface area contributed by atoms with Gasteiger partial charge in [-0.05, 0) is 16.8 Å². The molecule has 0 atom stereocenters. The molecule has 0 spiro atoms. The number of hydrogen-bond donors (Lipinski definition) is 3. The highest BCUT2D eigenvalue weighted by atomic mass is 16.1. The molecule has 0 aliphatic carbocycles. The average Bonchev–Trinajstić information content (AvgIpc) is 2.27. The molecule has 0 fully saturated rings. The first-order chi connectivity index (χ1) is 7.61. The molecule has 0 aromatic heterocycles. The largest absolute Gasteiger partial charge is 0.384 e. The monoisotopic (exact) mass is 213 g/mol. The van der Waals surface area contributed by atoms with Crippen molar-refractivity contribution in [3.8, 4) is 0 Å². The third kappa shape index (κ3) is 1.50. The minimum absolute atomic E-state index is 0.153. The first kappa shape index (κ1) is 10.2. The Bertz CT molecular complexity index is 590. The fraction of sp³-hybridized carbons (Fsp3) is 0. The Balaban J connectivity index is 2.90. The van der Waals surface area contributed by atoms with Gasteiger partial charge in [0.1, 0.15) is 5.84 Å². The van der Waals surface area contributed by atoms with E-state index in [2.05, 4.69) is 0 Å². The number of fused-ring (bicyclic) bond motifs is 1. The molecule has 2 aromatic rings. The number of rotatable bonds is 2. The molecule has 2 rings (SSSR count). The number of nitrogen functional groups attached to an aromatic ring is 1. The maximum absolute atomic E-state index is 11.4. The second-order valence-electron chi connectivity index (χ2n) is 3.49. The van der Waals surface area contributed by atoms with Gasteiger partial charge < -0.3 is 11.5 Å². The van der Waals surface area contributed by atoms with E-state index in [-0.39, 0.29) is 5.84 Å². The van der Waals surface area contributed by atoms with Crippen LogP contribution in [0.25, 0.3) is 10.8 Å². The summed E-state index contributed by atoms with van der Waals surface area (Å²) in [4.78, 5) is 11.4. The number of carbonyl (C=O) groups is 1. The fourth-order valence-electron chi connectivity index (χ4n) is 1.76. The van der Waals surface area contributed by atoms with Crippen LogP contribution in [0.2, 0.25) is 0 Å². The SMILES string of the molecule is N=C(N)c1ccc2ccccc2c1C(N)=O. The number of benzene rings is 2. The third-order valence-corrected chi connectivity index (χ3v) is 2.47. The molecule has 0 unspecified atom stereocenters. The molecule has 0 saturated heterocycles. The van der Waals surface area contributed by atoms with E-state index in [4.69, 9.17) is 16.9 Å². The highest BCUT2D eigenvalue weighted by Gasteiger charge is 2.13. The van der Waals surface area contributed by atoms with E-state index in [1.807, 2.05) is 24.3 Å². The van der Waals surface area contributed by atoms with Crippen molar-refractivity contribution < 1.29 is 4.79 Å². The fourth-order valence-corrected chi connectivity index (χ4v) is 1.76. The van der Waals surface area contributed by atoms with E-state index >= 15 is 0 Å². The van der Waals surface area contributed by atoms with Gasteiger partial charge in [-0.25, -0.2) is 0 Å². The van der Waals surface area contributed by atoms with E-state index < -0.39 is 5.91 Å². The summed E-state index contributed by atoms with van der Waals surface area (Å²) in [6.07, 6.45) is 0. The van der Waals surface area contributed by atoms with Gasteiger partial charge in [-0.1, -0.05) is 30.3 Å². The van der Waals surface area contributed by atoms with Gasteiger partial charge in [0, 0.05) is 5.56 Å². The average molecular weight is 213 g/mol. The van der Waals surface area contributed by atoms with Crippen molar-refractivity contribution in [2.24, 2.45) is 11.5 Å². The summed E-state index contributed by atoms with van der Waals surface area (Å²) in [6, 6.07) is 10.8. The van der Waals surface area contributed by atoms with Gasteiger partial charge >= 0.3 is 0 Å². The summed E-state index contributed by atoms with van der Waals surface area (Å²) < 4.78 is 0. The predicted molar refractivity (Wildman–Crippen MR) is 63.5 cm³/mol. The molecule has 2 aromatic carbocycles. The van der Waals surface area contributed by atoms with Crippen LogP contribution >= 0.6 is 0 Å². The van der Waals surface area contributed by atoms with Crippen LogP contribution in [0.3, 0.4) is 0 Å². The van der Waals surface area contributed by atoms with Gasteiger partial charge in [0.15, 0.2) is 0 Å². The number of nitrogens with two attached hydrogens (primary N) is 2. The van der Waals surface area contributed by atoms with Gasteiger partial charge in [0.25, 0.3) is 0 Å². The second-order valence-corrected chi connectivity index (χ2v) is 3.49. The van der Waals surface area contributed by atoms with Crippen molar-refractivity contribution in [3.05, 3.63) is 47.5 Å². The van der Waals surface area contributed by atoms with Crippen molar-refractivity contribution in [2.45, 2.75) is 0 Å². The second kappa shape index (κ2) is 3.66. The molecule has 16 heavy (non-hydrogen) atoms. The summed E-state index contributed by atoms with van der Waals surface area (Å²) in [7, 11) is 0. The van der Waals surface area contributed by atoms with E-state index in [1.165, 1.54) is 0 Å². The summed E-state index contributed by atoms with van der Waals surface area (Å²) in [6.45, 7) is 0. The Kier molecular flexibility index (Phi) is 2.32. The van der Waals surface area contributed by atoms with Crippen molar-refractivity contribution >= 4 is 22.5 Å². The Morgan fingerprint density at radius 2 is 1.75 bits per heavy atom. The predicted octanol–water partition coefficient (Wildman–Crippen LogP) is 1.22. The van der Waals surface area contributed by atoms with E-state index in [1.54, 1.807) is 12.1 Å². The summed E-state index contributed by atoms with van der Waals surface area (Å²) in [5.74, 6) is -0.721. The summed E-state index contributed by atoms with van der Waals surface area (Å²) >= 11 is 0. The molecule has 0 aliphatic heterocycles. The Morgan fingerprint density at radius 3 is 2.38 bits per heavy atom. The number of primary amides is 1. The van der Waals surface area contributed by atoms with Crippen LogP contribution in [0.1, 0.15) is 15.9 Å². The Hall–Kier alpha value is -2.36. The van der Waals surface area contributed by atoms with Gasteiger partial charge in [0.2, 0.25) is 5.91 Å². The summed E-state index contributed by atoms with van der Waals surface area (Å²) in [5.41, 5.74) is 11.4. The highest BCUT2D eigenvalue weighted by Crippen LogP contribution is 2.21. The lowest BCUT2D eigenvalue weighted by Gasteiger charge is -2.08. The zero-order chi connectivity index (χ0) is 11.7. The number of carbonyl (C=O) groups excluding carboxylic acids is 1. The normalized spacial score (nSPS) is 10.2. The zero-order valence-corrected chi connectivity index (χ0v) is 8.53. The van der Waals surface area contributed by atoms with Crippen LogP contribution in [0.4, 0.5) is 0 Å².